The summed E-state index contributed by atoms with van der Waals surface area (Å²) < 4.78 is 27.1. The molecule has 0 spiro atoms. The first-order chi connectivity index (χ1) is 9.25. The van der Waals surface area contributed by atoms with Crippen LogP contribution in [0.3, 0.4) is 0 Å². The summed E-state index contributed by atoms with van der Waals surface area (Å²) in [6.07, 6.45) is 0. The van der Waals surface area contributed by atoms with Crippen LogP contribution >= 0.6 is 22.7 Å². The minimum Gasteiger partial charge on any atom is -0.245 e. The zero-order valence-corrected chi connectivity index (χ0v) is 14.6. The summed E-state index contributed by atoms with van der Waals surface area (Å²) in [5.74, 6) is 0. The van der Waals surface area contributed by atoms with E-state index in [0.717, 1.165) is 21.1 Å². The molecule has 0 fully saturated rings. The molecule has 2 heterocycles. The maximum absolute atomic E-state index is 12.7. The minimum absolute atomic E-state index is 0.272. The molecule has 0 saturated carbocycles. The summed E-state index contributed by atoms with van der Waals surface area (Å²) in [5, 5.41) is 2.77. The first-order valence-electron chi connectivity index (χ1n) is 6.21. The van der Waals surface area contributed by atoms with E-state index in [2.05, 4.69) is 4.98 Å². The normalized spacial score (nSPS) is 13.9. The zero-order valence-electron chi connectivity index (χ0n) is 12.2. The van der Waals surface area contributed by atoms with E-state index in [1.807, 2.05) is 33.8 Å². The van der Waals surface area contributed by atoms with Gasteiger partial charge < -0.3 is 0 Å². The number of thiophene rings is 1. The van der Waals surface area contributed by atoms with E-state index < -0.39 is 10.0 Å². The number of rotatable bonds is 4. The maximum atomic E-state index is 12.7. The van der Waals surface area contributed by atoms with Crippen LogP contribution in [0, 0.1) is 20.8 Å². The molecule has 0 aliphatic rings. The van der Waals surface area contributed by atoms with Crippen LogP contribution in [0.2, 0.25) is 0 Å². The van der Waals surface area contributed by atoms with E-state index in [9.17, 15) is 8.42 Å². The first-order valence-corrected chi connectivity index (χ1v) is 9.34. The monoisotopic (exact) mass is 330 g/mol. The topological polar surface area (TPSA) is 50.3 Å². The number of sulfonamides is 1. The third-order valence-electron chi connectivity index (χ3n) is 3.31. The summed E-state index contributed by atoms with van der Waals surface area (Å²) in [7, 11) is -1.85. The third-order valence-corrected chi connectivity index (χ3v) is 7.80. The number of aryl methyl sites for hydroxylation is 3. The van der Waals surface area contributed by atoms with Crippen LogP contribution in [0.4, 0.5) is 0 Å². The van der Waals surface area contributed by atoms with Crippen molar-refractivity contribution < 1.29 is 8.42 Å². The lowest BCUT2D eigenvalue weighted by atomic mass is 10.2. The van der Waals surface area contributed by atoms with Crippen LogP contribution in [-0.2, 0) is 10.0 Å². The summed E-state index contributed by atoms with van der Waals surface area (Å²) in [4.78, 5) is 5.53. The number of thiazole rings is 1. The largest absolute Gasteiger partial charge is 0.253 e. The van der Waals surface area contributed by atoms with Gasteiger partial charge in [0.1, 0.15) is 4.21 Å². The van der Waals surface area contributed by atoms with Gasteiger partial charge in [-0.2, -0.15) is 4.31 Å². The molecule has 0 saturated heterocycles. The Morgan fingerprint density at radius 3 is 2.40 bits per heavy atom. The van der Waals surface area contributed by atoms with Crippen molar-refractivity contribution in [3.63, 3.8) is 0 Å². The summed E-state index contributed by atoms with van der Waals surface area (Å²) >= 11 is 2.86. The van der Waals surface area contributed by atoms with E-state index in [1.165, 1.54) is 15.6 Å². The van der Waals surface area contributed by atoms with Crippen LogP contribution in [0.1, 0.15) is 34.1 Å². The molecule has 0 amide bonds. The fourth-order valence-electron chi connectivity index (χ4n) is 2.07. The Labute approximate surface area is 128 Å². The predicted octanol–water partition coefficient (Wildman–Crippen LogP) is 3.51. The van der Waals surface area contributed by atoms with Crippen LogP contribution in [-0.4, -0.2) is 24.8 Å². The quantitative estimate of drug-likeness (QED) is 0.862. The molecule has 0 aromatic carbocycles. The van der Waals surface area contributed by atoms with E-state index >= 15 is 0 Å². The molecule has 0 unspecified atom stereocenters. The van der Waals surface area contributed by atoms with Gasteiger partial charge in [0.25, 0.3) is 10.0 Å². The Morgan fingerprint density at radius 2 is 1.95 bits per heavy atom. The number of hydrogen-bond donors (Lipinski definition) is 0. The molecule has 0 aliphatic heterocycles. The highest BCUT2D eigenvalue weighted by Crippen LogP contribution is 2.32. The Hall–Kier alpha value is -0.760. The standard InChI is InChI=1S/C13H18N2O2S3/c1-8-6-7-18-13(8)20(16,17)15(5)9(2)12-10(3)19-11(4)14-12/h6-7,9H,1-5H3/t9-/m0/s1. The van der Waals surface area contributed by atoms with Gasteiger partial charge in [0.2, 0.25) is 0 Å². The minimum atomic E-state index is -3.46. The molecule has 2 aromatic heterocycles. The highest BCUT2D eigenvalue weighted by atomic mass is 32.2. The Bertz CT molecular complexity index is 716. The molecule has 0 aliphatic carbocycles. The second-order valence-corrected chi connectivity index (χ2v) is 9.28. The van der Waals surface area contributed by atoms with Crippen molar-refractivity contribution in [2.24, 2.45) is 0 Å². The molecule has 2 aromatic rings. The molecule has 2 rings (SSSR count). The van der Waals surface area contributed by atoms with Crippen LogP contribution < -0.4 is 0 Å². The molecule has 4 nitrogen and oxygen atoms in total. The van der Waals surface area contributed by atoms with E-state index in [0.29, 0.717) is 4.21 Å². The van der Waals surface area contributed by atoms with Gasteiger partial charge in [0, 0.05) is 11.9 Å². The van der Waals surface area contributed by atoms with Gasteiger partial charge in [-0.1, -0.05) is 0 Å². The Balaban J connectivity index is 2.38. The molecule has 0 radical (unpaired) electrons. The molecule has 7 heteroatoms. The second-order valence-electron chi connectivity index (χ2n) is 4.76. The average Bonchev–Trinajstić information content (AvgIpc) is 2.93. The van der Waals surface area contributed by atoms with Gasteiger partial charge in [-0.05, 0) is 44.7 Å². The zero-order chi connectivity index (χ0) is 15.1. The number of aromatic nitrogens is 1. The summed E-state index contributed by atoms with van der Waals surface area (Å²) in [6.45, 7) is 7.61. The SMILES string of the molecule is Cc1nc([C@H](C)N(C)S(=O)(=O)c2sccc2C)c(C)s1. The van der Waals surface area contributed by atoms with Crippen molar-refractivity contribution in [2.45, 2.75) is 37.9 Å². The summed E-state index contributed by atoms with van der Waals surface area (Å²) in [5.41, 5.74) is 1.63. The second kappa shape index (κ2) is 5.55. The lowest BCUT2D eigenvalue weighted by Crippen LogP contribution is -2.30. The van der Waals surface area contributed by atoms with Crippen molar-refractivity contribution in [2.75, 3.05) is 7.05 Å². The Morgan fingerprint density at radius 1 is 1.30 bits per heavy atom. The molecular formula is C13H18N2O2S3. The predicted molar refractivity (Wildman–Crippen MR) is 84.0 cm³/mol. The maximum Gasteiger partial charge on any atom is 0.253 e. The van der Waals surface area contributed by atoms with Crippen molar-refractivity contribution in [3.05, 3.63) is 32.6 Å². The third kappa shape index (κ3) is 2.67. The fourth-order valence-corrected chi connectivity index (χ4v) is 5.88. The van der Waals surface area contributed by atoms with E-state index in [4.69, 9.17) is 0 Å². The molecule has 0 N–H and O–H groups in total. The molecule has 0 bridgehead atoms. The van der Waals surface area contributed by atoms with Gasteiger partial charge in [-0.3, -0.25) is 0 Å². The van der Waals surface area contributed by atoms with Gasteiger partial charge in [0.05, 0.1) is 16.7 Å². The van der Waals surface area contributed by atoms with Crippen molar-refractivity contribution in [1.29, 1.82) is 0 Å². The summed E-state index contributed by atoms with van der Waals surface area (Å²) in [6, 6.07) is 1.56. The number of hydrogen-bond acceptors (Lipinski definition) is 5. The molecule has 20 heavy (non-hydrogen) atoms. The molecule has 1 atom stereocenters. The molecule has 110 valence electrons. The van der Waals surface area contributed by atoms with Crippen LogP contribution in [0.5, 0.6) is 0 Å². The van der Waals surface area contributed by atoms with E-state index in [1.54, 1.807) is 23.8 Å². The molecular weight excluding hydrogens is 312 g/mol. The van der Waals surface area contributed by atoms with Crippen molar-refractivity contribution in [1.82, 2.24) is 9.29 Å². The van der Waals surface area contributed by atoms with Crippen LogP contribution in [0.15, 0.2) is 15.7 Å². The van der Waals surface area contributed by atoms with Gasteiger partial charge in [0.15, 0.2) is 0 Å². The van der Waals surface area contributed by atoms with Gasteiger partial charge in [-0.25, -0.2) is 13.4 Å². The highest BCUT2D eigenvalue weighted by Gasteiger charge is 2.30. The van der Waals surface area contributed by atoms with Crippen LogP contribution in [0.25, 0.3) is 0 Å². The Kier molecular flexibility index (Phi) is 4.34. The van der Waals surface area contributed by atoms with Crippen molar-refractivity contribution in [3.8, 4) is 0 Å². The van der Waals surface area contributed by atoms with E-state index in [-0.39, 0.29) is 6.04 Å². The lowest BCUT2D eigenvalue weighted by Gasteiger charge is -2.23. The average molecular weight is 331 g/mol. The smallest absolute Gasteiger partial charge is 0.245 e. The first kappa shape index (κ1) is 15.6. The van der Waals surface area contributed by atoms with Crippen molar-refractivity contribution >= 4 is 32.7 Å². The van der Waals surface area contributed by atoms with Gasteiger partial charge >= 0.3 is 0 Å². The lowest BCUT2D eigenvalue weighted by molar-refractivity contribution is 0.392. The number of nitrogens with zero attached hydrogens (tertiary/aromatic N) is 2. The highest BCUT2D eigenvalue weighted by molar-refractivity contribution is 7.91. The van der Waals surface area contributed by atoms with Gasteiger partial charge in [-0.15, -0.1) is 22.7 Å². The fraction of sp³-hybridized carbons (Fsp3) is 0.462.